The van der Waals surface area contributed by atoms with Crippen molar-refractivity contribution in [3.05, 3.63) is 28.8 Å². The van der Waals surface area contributed by atoms with Crippen LogP contribution in [0.4, 0.5) is 0 Å². The first-order valence-electron chi connectivity index (χ1n) is 4.94. The smallest absolute Gasteiger partial charge is 0.186 e. The predicted octanol–water partition coefficient (Wildman–Crippen LogP) is 2.17. The van der Waals surface area contributed by atoms with Crippen LogP contribution >= 0.6 is 23.8 Å². The molecular weight excluding hydrogens is 258 g/mol. The molecule has 92 valence electrons. The molecule has 1 aromatic carbocycles. The molecule has 0 aromatic heterocycles. The quantitative estimate of drug-likeness (QED) is 0.502. The van der Waals surface area contributed by atoms with Crippen molar-refractivity contribution in [1.82, 2.24) is 10.7 Å². The van der Waals surface area contributed by atoms with Gasteiger partial charge in [0, 0.05) is 17.6 Å². The second-order valence-electron chi connectivity index (χ2n) is 3.23. The van der Waals surface area contributed by atoms with Crippen molar-refractivity contribution < 1.29 is 4.74 Å². The first kappa shape index (κ1) is 13.7. The highest BCUT2D eigenvalue weighted by molar-refractivity contribution is 7.80. The van der Waals surface area contributed by atoms with E-state index in [0.29, 0.717) is 15.9 Å². The number of hydrazone groups is 1. The number of ether oxygens (including phenoxy) is 1. The molecule has 0 aliphatic carbocycles. The maximum atomic E-state index is 5.94. The lowest BCUT2D eigenvalue weighted by atomic mass is 10.1. The minimum absolute atomic E-state index is 0.449. The fourth-order valence-corrected chi connectivity index (χ4v) is 1.43. The van der Waals surface area contributed by atoms with Gasteiger partial charge in [0.1, 0.15) is 5.75 Å². The summed E-state index contributed by atoms with van der Waals surface area (Å²) in [6.45, 7) is 1.85. The maximum Gasteiger partial charge on any atom is 0.186 e. The summed E-state index contributed by atoms with van der Waals surface area (Å²) in [4.78, 5) is 0. The fourth-order valence-electron chi connectivity index (χ4n) is 1.21. The van der Waals surface area contributed by atoms with Gasteiger partial charge >= 0.3 is 0 Å². The van der Waals surface area contributed by atoms with Crippen LogP contribution in [0.5, 0.6) is 5.75 Å². The van der Waals surface area contributed by atoms with Crippen molar-refractivity contribution in [2.24, 2.45) is 5.10 Å². The second-order valence-corrected chi connectivity index (χ2v) is 4.08. The minimum Gasteiger partial charge on any atom is -0.496 e. The minimum atomic E-state index is 0.449. The molecule has 0 aliphatic rings. The molecule has 0 saturated heterocycles. The lowest BCUT2D eigenvalue weighted by molar-refractivity contribution is 0.414. The Labute approximate surface area is 111 Å². The van der Waals surface area contributed by atoms with Crippen LogP contribution in [0, 0.1) is 0 Å². The van der Waals surface area contributed by atoms with Crippen LogP contribution in [0.25, 0.3) is 0 Å². The molecule has 1 rings (SSSR count). The van der Waals surface area contributed by atoms with Crippen LogP contribution < -0.4 is 15.5 Å². The number of nitrogens with zero attached hydrogens (tertiary/aromatic N) is 1. The third-order valence-corrected chi connectivity index (χ3v) is 2.63. The number of rotatable bonds is 3. The Morgan fingerprint density at radius 2 is 2.18 bits per heavy atom. The molecule has 0 fully saturated rings. The molecule has 0 spiro atoms. The van der Waals surface area contributed by atoms with Gasteiger partial charge in [-0.15, -0.1) is 0 Å². The molecule has 0 bridgehead atoms. The number of hydrogen-bond donors (Lipinski definition) is 2. The molecule has 0 aliphatic heterocycles. The summed E-state index contributed by atoms with van der Waals surface area (Å²) in [7, 11) is 3.33. The Morgan fingerprint density at radius 3 is 2.76 bits per heavy atom. The van der Waals surface area contributed by atoms with Crippen molar-refractivity contribution in [2.45, 2.75) is 6.92 Å². The second kappa shape index (κ2) is 6.42. The summed E-state index contributed by atoms with van der Waals surface area (Å²) in [6, 6.07) is 5.36. The largest absolute Gasteiger partial charge is 0.496 e. The summed E-state index contributed by atoms with van der Waals surface area (Å²) in [5.74, 6) is 0.716. The van der Waals surface area contributed by atoms with E-state index in [1.165, 1.54) is 0 Å². The van der Waals surface area contributed by atoms with E-state index < -0.39 is 0 Å². The van der Waals surface area contributed by atoms with Gasteiger partial charge in [-0.05, 0) is 37.3 Å². The molecule has 1 aromatic rings. The molecule has 0 unspecified atom stereocenters. The summed E-state index contributed by atoms with van der Waals surface area (Å²) >= 11 is 10.9. The van der Waals surface area contributed by atoms with E-state index in [1.54, 1.807) is 32.4 Å². The van der Waals surface area contributed by atoms with E-state index in [0.717, 1.165) is 11.3 Å². The Morgan fingerprint density at radius 1 is 1.47 bits per heavy atom. The Hall–Kier alpha value is -1.33. The molecule has 17 heavy (non-hydrogen) atoms. The lowest BCUT2D eigenvalue weighted by Gasteiger charge is -2.09. The highest BCUT2D eigenvalue weighted by atomic mass is 35.5. The number of hydrogen-bond acceptors (Lipinski definition) is 3. The fraction of sp³-hybridized carbons (Fsp3) is 0.273. The third kappa shape index (κ3) is 3.87. The SMILES string of the molecule is CNC(=S)N/N=C(/C)c1cc(Cl)ccc1OC. The predicted molar refractivity (Wildman–Crippen MR) is 75.0 cm³/mol. The Bertz CT molecular complexity index is 448. The van der Waals surface area contributed by atoms with E-state index in [9.17, 15) is 0 Å². The van der Waals surface area contributed by atoms with Crippen molar-refractivity contribution in [3.63, 3.8) is 0 Å². The average molecular weight is 272 g/mol. The number of nitrogens with one attached hydrogen (secondary N) is 2. The lowest BCUT2D eigenvalue weighted by Crippen LogP contribution is -2.29. The number of halogens is 1. The summed E-state index contributed by atoms with van der Waals surface area (Å²) in [6.07, 6.45) is 0. The maximum absolute atomic E-state index is 5.94. The Kier molecular flexibility index (Phi) is 5.18. The summed E-state index contributed by atoms with van der Waals surface area (Å²) < 4.78 is 5.24. The first-order chi connectivity index (χ1) is 8.08. The molecule has 0 heterocycles. The number of benzene rings is 1. The molecule has 0 saturated carbocycles. The zero-order valence-corrected chi connectivity index (χ0v) is 11.4. The topological polar surface area (TPSA) is 45.7 Å². The average Bonchev–Trinajstić information content (AvgIpc) is 2.35. The van der Waals surface area contributed by atoms with Gasteiger partial charge < -0.3 is 10.1 Å². The molecule has 0 radical (unpaired) electrons. The van der Waals surface area contributed by atoms with Crippen molar-refractivity contribution in [3.8, 4) is 5.75 Å². The molecule has 0 atom stereocenters. The first-order valence-corrected chi connectivity index (χ1v) is 5.73. The van der Waals surface area contributed by atoms with Crippen molar-refractivity contribution in [1.29, 1.82) is 0 Å². The van der Waals surface area contributed by atoms with Crippen molar-refractivity contribution in [2.75, 3.05) is 14.2 Å². The highest BCUT2D eigenvalue weighted by Crippen LogP contribution is 2.23. The third-order valence-electron chi connectivity index (χ3n) is 2.10. The van der Waals surface area contributed by atoms with E-state index in [-0.39, 0.29) is 0 Å². The molecule has 0 amide bonds. The number of thiocarbonyl (C=S) groups is 1. The van der Waals surface area contributed by atoms with Crippen LogP contribution in [0.15, 0.2) is 23.3 Å². The summed E-state index contributed by atoms with van der Waals surface area (Å²) in [5, 5.41) is 7.99. The van der Waals surface area contributed by atoms with Crippen LogP contribution in [-0.2, 0) is 0 Å². The van der Waals surface area contributed by atoms with E-state index in [1.807, 2.05) is 6.92 Å². The highest BCUT2D eigenvalue weighted by Gasteiger charge is 2.07. The molecule has 2 N–H and O–H groups in total. The number of methoxy groups -OCH3 is 1. The van der Waals surface area contributed by atoms with Gasteiger partial charge in [-0.3, -0.25) is 5.43 Å². The van der Waals surface area contributed by atoms with Crippen LogP contribution in [0.3, 0.4) is 0 Å². The van der Waals surface area contributed by atoms with Crippen molar-refractivity contribution >= 4 is 34.6 Å². The Balaban J connectivity index is 2.97. The van der Waals surface area contributed by atoms with Gasteiger partial charge in [-0.1, -0.05) is 11.6 Å². The van der Waals surface area contributed by atoms with Gasteiger partial charge in [0.2, 0.25) is 0 Å². The molecular formula is C11H14ClN3OS. The van der Waals surface area contributed by atoms with Gasteiger partial charge in [-0.2, -0.15) is 5.10 Å². The molecule has 4 nitrogen and oxygen atoms in total. The zero-order valence-electron chi connectivity index (χ0n) is 9.87. The van der Waals surface area contributed by atoms with Crippen LogP contribution in [0.2, 0.25) is 5.02 Å². The summed E-state index contributed by atoms with van der Waals surface area (Å²) in [5.41, 5.74) is 4.27. The monoisotopic (exact) mass is 271 g/mol. The van der Waals surface area contributed by atoms with E-state index in [4.69, 9.17) is 28.6 Å². The zero-order chi connectivity index (χ0) is 12.8. The standard InChI is InChI=1S/C11H14ClN3OS/c1-7(14-15-11(17)13-2)9-6-8(12)4-5-10(9)16-3/h4-6H,1-3H3,(H2,13,15,17)/b14-7-. The van der Waals surface area contributed by atoms with Gasteiger partial charge in [0.15, 0.2) is 5.11 Å². The molecule has 6 heteroatoms. The van der Waals surface area contributed by atoms with Crippen LogP contribution in [0.1, 0.15) is 12.5 Å². The van der Waals surface area contributed by atoms with Gasteiger partial charge in [0.25, 0.3) is 0 Å². The van der Waals surface area contributed by atoms with Crippen LogP contribution in [-0.4, -0.2) is 25.0 Å². The van der Waals surface area contributed by atoms with E-state index >= 15 is 0 Å². The normalized spacial score (nSPS) is 10.9. The van der Waals surface area contributed by atoms with E-state index in [2.05, 4.69) is 15.8 Å². The van der Waals surface area contributed by atoms with Gasteiger partial charge in [0.05, 0.1) is 12.8 Å². The van der Waals surface area contributed by atoms with Gasteiger partial charge in [-0.25, -0.2) is 0 Å².